The molecule has 0 aliphatic rings. The summed E-state index contributed by atoms with van der Waals surface area (Å²) in [6, 6.07) is -1.01. The van der Waals surface area contributed by atoms with E-state index in [1.807, 2.05) is 0 Å². The first-order valence-corrected chi connectivity index (χ1v) is 23.5. The van der Waals surface area contributed by atoms with Gasteiger partial charge in [0.2, 0.25) is 5.91 Å². The van der Waals surface area contributed by atoms with Gasteiger partial charge in [0.05, 0.1) is 18.8 Å². The molecule has 0 aliphatic heterocycles. The fourth-order valence-corrected chi connectivity index (χ4v) is 6.96. The Balaban J connectivity index is 3.82. The molecule has 0 saturated heterocycles. The molecule has 55 heavy (non-hydrogen) atoms. The predicted octanol–water partition coefficient (Wildman–Crippen LogP) is 12.7. The summed E-state index contributed by atoms with van der Waals surface area (Å²) in [6.07, 6.45) is 52.9. The molecule has 4 atom stereocenters. The number of carbonyl (C=O) groups is 1. The Hall–Kier alpha value is -1.73. The summed E-state index contributed by atoms with van der Waals surface area (Å²) in [5.74, 6) is -0.605. The number of unbranched alkanes of at least 4 members (excludes halogenated alkanes) is 25. The van der Waals surface area contributed by atoms with Crippen molar-refractivity contribution in [2.45, 2.75) is 250 Å². The molecule has 6 heteroatoms. The number of aliphatic hydroxyl groups excluding tert-OH is 4. The minimum atomic E-state index is -1.30. The zero-order valence-electron chi connectivity index (χ0n) is 36.2. The van der Waals surface area contributed by atoms with Gasteiger partial charge >= 0.3 is 0 Å². The topological polar surface area (TPSA) is 110 Å². The molecule has 0 aliphatic carbocycles. The first-order valence-electron chi connectivity index (χ1n) is 23.5. The number of allylic oxidation sites excluding steroid dienone is 8. The van der Waals surface area contributed by atoms with Crippen LogP contribution in [0.3, 0.4) is 0 Å². The Morgan fingerprint density at radius 1 is 0.436 bits per heavy atom. The smallest absolute Gasteiger partial charge is 0.249 e. The highest BCUT2D eigenvalue weighted by atomic mass is 16.3. The van der Waals surface area contributed by atoms with Gasteiger partial charge in [-0.3, -0.25) is 4.79 Å². The number of nitrogens with one attached hydrogen (secondary N) is 1. The lowest BCUT2D eigenvalue weighted by Gasteiger charge is -2.27. The molecule has 6 nitrogen and oxygen atoms in total. The molecule has 0 spiro atoms. The lowest BCUT2D eigenvalue weighted by molar-refractivity contribution is -0.132. The monoisotopic (exact) mass is 774 g/mol. The first-order chi connectivity index (χ1) is 27.0. The lowest BCUT2D eigenvalue weighted by Crippen LogP contribution is -2.53. The number of carbonyl (C=O) groups excluding carboxylic acids is 1. The van der Waals surface area contributed by atoms with Crippen LogP contribution in [0.25, 0.3) is 0 Å². The molecule has 4 unspecified atom stereocenters. The lowest BCUT2D eigenvalue weighted by atomic mass is 10.00. The largest absolute Gasteiger partial charge is 0.394 e. The van der Waals surface area contributed by atoms with E-state index >= 15 is 0 Å². The van der Waals surface area contributed by atoms with Gasteiger partial charge in [0.1, 0.15) is 12.2 Å². The molecule has 0 aromatic carbocycles. The molecule has 322 valence electrons. The summed E-state index contributed by atoms with van der Waals surface area (Å²) in [6.45, 7) is 4.03. The second kappa shape index (κ2) is 43.4. The van der Waals surface area contributed by atoms with E-state index in [2.05, 4.69) is 67.8 Å². The second-order valence-corrected chi connectivity index (χ2v) is 16.1. The number of hydrogen-bond acceptors (Lipinski definition) is 5. The van der Waals surface area contributed by atoms with Crippen molar-refractivity contribution in [1.82, 2.24) is 5.32 Å². The Bertz CT molecular complexity index is 915. The molecule has 0 aromatic rings. The van der Waals surface area contributed by atoms with Crippen molar-refractivity contribution in [1.29, 1.82) is 0 Å². The van der Waals surface area contributed by atoms with Crippen LogP contribution in [-0.4, -0.2) is 57.3 Å². The quantitative estimate of drug-likeness (QED) is 0.0313. The van der Waals surface area contributed by atoms with Crippen LogP contribution in [0.5, 0.6) is 0 Å². The summed E-state index contributed by atoms with van der Waals surface area (Å²) in [7, 11) is 0. The summed E-state index contributed by atoms with van der Waals surface area (Å²) in [5.41, 5.74) is 0. The fourth-order valence-electron chi connectivity index (χ4n) is 6.96. The van der Waals surface area contributed by atoms with Gasteiger partial charge < -0.3 is 25.7 Å². The molecule has 0 fully saturated rings. The molecule has 0 aromatic heterocycles. The van der Waals surface area contributed by atoms with Crippen molar-refractivity contribution in [3.05, 3.63) is 48.6 Å². The van der Waals surface area contributed by atoms with Crippen LogP contribution in [0.4, 0.5) is 0 Å². The Morgan fingerprint density at radius 3 is 1.15 bits per heavy atom. The molecule has 0 saturated carbocycles. The van der Waals surface area contributed by atoms with Crippen molar-refractivity contribution >= 4 is 5.91 Å². The van der Waals surface area contributed by atoms with Crippen LogP contribution in [0.1, 0.15) is 226 Å². The van der Waals surface area contributed by atoms with Gasteiger partial charge in [-0.2, -0.15) is 0 Å². The molecule has 0 heterocycles. The van der Waals surface area contributed by atoms with Crippen molar-refractivity contribution in [3.8, 4) is 0 Å². The van der Waals surface area contributed by atoms with E-state index in [1.54, 1.807) is 0 Å². The molecule has 0 radical (unpaired) electrons. The van der Waals surface area contributed by atoms with Crippen LogP contribution in [0, 0.1) is 0 Å². The van der Waals surface area contributed by atoms with Crippen LogP contribution in [-0.2, 0) is 4.79 Å². The van der Waals surface area contributed by atoms with E-state index in [0.29, 0.717) is 19.3 Å². The molecular formula is C49H91NO5. The first kappa shape index (κ1) is 53.3. The van der Waals surface area contributed by atoms with Crippen molar-refractivity contribution in [3.63, 3.8) is 0 Å². The molecule has 0 bridgehead atoms. The van der Waals surface area contributed by atoms with Gasteiger partial charge in [-0.25, -0.2) is 0 Å². The summed E-state index contributed by atoms with van der Waals surface area (Å²) in [5, 5.41) is 43.7. The Morgan fingerprint density at radius 2 is 0.764 bits per heavy atom. The highest BCUT2D eigenvalue weighted by molar-refractivity contribution is 5.80. The standard InChI is InChI=1S/C49H91NO5/c1-3-5-7-9-11-13-15-17-19-21-22-23-24-25-26-27-29-30-32-34-36-38-40-42-46(52)48(54)45(44-51)50-49(55)47(53)43-41-39-37-35-33-31-28-20-18-16-14-12-10-8-6-4-2/h18,20,23-24,27,29,34,36,45-48,51-54H,3-17,19,21-22,25-26,28,30-33,35,37-44H2,1-2H3,(H,50,55)/b20-18-,24-23+,29-27+,36-34+. The maximum absolute atomic E-state index is 12.5. The maximum atomic E-state index is 12.5. The van der Waals surface area contributed by atoms with Crippen LogP contribution < -0.4 is 5.32 Å². The summed E-state index contributed by atoms with van der Waals surface area (Å²) >= 11 is 0. The third-order valence-corrected chi connectivity index (χ3v) is 10.7. The minimum absolute atomic E-state index is 0.350. The van der Waals surface area contributed by atoms with Gasteiger partial charge in [0, 0.05) is 0 Å². The van der Waals surface area contributed by atoms with Gasteiger partial charge in [0.15, 0.2) is 0 Å². The van der Waals surface area contributed by atoms with Crippen molar-refractivity contribution < 1.29 is 25.2 Å². The summed E-state index contributed by atoms with van der Waals surface area (Å²) in [4.78, 5) is 12.5. The van der Waals surface area contributed by atoms with Crippen LogP contribution >= 0.6 is 0 Å². The molecular weight excluding hydrogens is 683 g/mol. The Kier molecular flexibility index (Phi) is 42.0. The van der Waals surface area contributed by atoms with E-state index in [4.69, 9.17) is 0 Å². The number of rotatable bonds is 42. The van der Waals surface area contributed by atoms with Crippen LogP contribution in [0.15, 0.2) is 48.6 Å². The minimum Gasteiger partial charge on any atom is -0.394 e. The SMILES string of the molecule is CCCCCCCC/C=C\CCCCCCCCC(O)C(=O)NC(CO)C(O)C(O)CCC/C=C/CC/C=C/CC/C=C/CCCCCCCCCCCC. The van der Waals surface area contributed by atoms with Crippen LogP contribution in [0.2, 0.25) is 0 Å². The molecule has 5 N–H and O–H groups in total. The summed E-state index contributed by atoms with van der Waals surface area (Å²) < 4.78 is 0. The number of aliphatic hydroxyl groups is 4. The van der Waals surface area contributed by atoms with E-state index in [1.165, 1.54) is 128 Å². The van der Waals surface area contributed by atoms with E-state index in [9.17, 15) is 25.2 Å². The van der Waals surface area contributed by atoms with Gasteiger partial charge in [-0.15, -0.1) is 0 Å². The zero-order chi connectivity index (χ0) is 40.3. The Labute approximate surface area is 340 Å². The number of amides is 1. The highest BCUT2D eigenvalue weighted by Crippen LogP contribution is 2.14. The number of hydrogen-bond donors (Lipinski definition) is 5. The third-order valence-electron chi connectivity index (χ3n) is 10.7. The normalized spacial score (nSPS) is 14.5. The van der Waals surface area contributed by atoms with E-state index < -0.39 is 36.9 Å². The maximum Gasteiger partial charge on any atom is 0.249 e. The zero-order valence-corrected chi connectivity index (χ0v) is 36.2. The van der Waals surface area contributed by atoms with Gasteiger partial charge in [-0.05, 0) is 89.9 Å². The van der Waals surface area contributed by atoms with E-state index in [0.717, 1.165) is 64.2 Å². The molecule has 0 rings (SSSR count). The van der Waals surface area contributed by atoms with E-state index in [-0.39, 0.29) is 0 Å². The van der Waals surface area contributed by atoms with Gasteiger partial charge in [-0.1, -0.05) is 184 Å². The highest BCUT2D eigenvalue weighted by Gasteiger charge is 2.28. The van der Waals surface area contributed by atoms with Gasteiger partial charge in [0.25, 0.3) is 0 Å². The average Bonchev–Trinajstić information content (AvgIpc) is 3.19. The van der Waals surface area contributed by atoms with Crippen molar-refractivity contribution in [2.24, 2.45) is 0 Å². The predicted molar refractivity (Wildman–Crippen MR) is 237 cm³/mol. The average molecular weight is 774 g/mol. The molecule has 1 amide bonds. The van der Waals surface area contributed by atoms with Crippen molar-refractivity contribution in [2.75, 3.05) is 6.61 Å². The fraction of sp³-hybridized carbons (Fsp3) is 0.816. The third kappa shape index (κ3) is 37.6. The second-order valence-electron chi connectivity index (χ2n) is 16.1.